The van der Waals surface area contributed by atoms with Gasteiger partial charge in [0.15, 0.2) is 23.9 Å². The second-order valence-corrected chi connectivity index (χ2v) is 5.92. The van der Waals surface area contributed by atoms with E-state index in [0.29, 0.717) is 16.9 Å². The summed E-state index contributed by atoms with van der Waals surface area (Å²) in [6.07, 6.45) is 0. The molecule has 0 bridgehead atoms. The molecular formula is C19H20N2O6. The van der Waals surface area contributed by atoms with Gasteiger partial charge in [-0.05, 0) is 50.1 Å². The Kier molecular flexibility index (Phi) is 6.12. The number of ketones is 1. The SMILES string of the molecule is COc1cc(C(C)=O)ccc1OCC(=O)Nc1c([N+](=O)[O-])ccc(C)c1C. The van der Waals surface area contributed by atoms with Crippen LogP contribution in [-0.2, 0) is 4.79 Å². The van der Waals surface area contributed by atoms with Gasteiger partial charge in [-0.1, -0.05) is 6.07 Å². The van der Waals surface area contributed by atoms with E-state index in [2.05, 4.69) is 5.32 Å². The summed E-state index contributed by atoms with van der Waals surface area (Å²) in [4.78, 5) is 34.3. The summed E-state index contributed by atoms with van der Waals surface area (Å²) in [6.45, 7) is 4.55. The summed E-state index contributed by atoms with van der Waals surface area (Å²) in [5.41, 5.74) is 1.84. The number of Topliss-reactive ketones (excluding diaryl/α,β-unsaturated/α-hetero) is 1. The number of amides is 1. The van der Waals surface area contributed by atoms with Gasteiger partial charge in [-0.25, -0.2) is 0 Å². The first kappa shape index (κ1) is 19.9. The van der Waals surface area contributed by atoms with Gasteiger partial charge in [0.2, 0.25) is 0 Å². The highest BCUT2D eigenvalue weighted by Crippen LogP contribution is 2.31. The minimum atomic E-state index is -0.551. The smallest absolute Gasteiger partial charge is 0.293 e. The van der Waals surface area contributed by atoms with E-state index < -0.39 is 10.8 Å². The van der Waals surface area contributed by atoms with Crippen LogP contribution in [0.2, 0.25) is 0 Å². The number of nitro benzene ring substituents is 1. The Balaban J connectivity index is 2.15. The first-order valence-electron chi connectivity index (χ1n) is 8.10. The van der Waals surface area contributed by atoms with Gasteiger partial charge >= 0.3 is 0 Å². The molecule has 0 radical (unpaired) electrons. The third kappa shape index (κ3) is 4.60. The van der Waals surface area contributed by atoms with Crippen molar-refractivity contribution in [1.29, 1.82) is 0 Å². The number of carbonyl (C=O) groups is 2. The molecule has 142 valence electrons. The first-order chi connectivity index (χ1) is 12.7. The quantitative estimate of drug-likeness (QED) is 0.453. The van der Waals surface area contributed by atoms with Crippen LogP contribution in [0.1, 0.15) is 28.4 Å². The molecule has 0 saturated carbocycles. The standard InChI is InChI=1S/C19H20N2O6/c1-11-5-7-15(21(24)25)19(12(11)2)20-18(23)10-27-16-8-6-14(13(3)22)9-17(16)26-4/h5-9H,10H2,1-4H3,(H,20,23). The second kappa shape index (κ2) is 8.31. The molecule has 2 rings (SSSR count). The van der Waals surface area contributed by atoms with Crippen molar-refractivity contribution in [3.05, 3.63) is 57.1 Å². The first-order valence-corrected chi connectivity index (χ1v) is 8.10. The van der Waals surface area contributed by atoms with Crippen LogP contribution < -0.4 is 14.8 Å². The van der Waals surface area contributed by atoms with Gasteiger partial charge in [-0.15, -0.1) is 0 Å². The van der Waals surface area contributed by atoms with Crippen molar-refractivity contribution in [2.45, 2.75) is 20.8 Å². The number of ether oxygens (including phenoxy) is 2. The maximum Gasteiger partial charge on any atom is 0.293 e. The third-order valence-corrected chi connectivity index (χ3v) is 4.10. The Morgan fingerprint density at radius 2 is 1.85 bits per heavy atom. The van der Waals surface area contributed by atoms with Gasteiger partial charge in [0.25, 0.3) is 11.6 Å². The number of carbonyl (C=O) groups excluding carboxylic acids is 2. The van der Waals surface area contributed by atoms with Crippen LogP contribution in [0.3, 0.4) is 0 Å². The van der Waals surface area contributed by atoms with Crippen molar-refractivity contribution in [3.63, 3.8) is 0 Å². The van der Waals surface area contributed by atoms with E-state index >= 15 is 0 Å². The van der Waals surface area contributed by atoms with Crippen molar-refractivity contribution in [1.82, 2.24) is 0 Å². The zero-order valence-electron chi connectivity index (χ0n) is 15.5. The predicted molar refractivity (Wildman–Crippen MR) is 99.7 cm³/mol. The Morgan fingerprint density at radius 3 is 2.44 bits per heavy atom. The Morgan fingerprint density at radius 1 is 1.15 bits per heavy atom. The van der Waals surface area contributed by atoms with Crippen LogP contribution in [-0.4, -0.2) is 30.3 Å². The molecule has 0 aromatic heterocycles. The van der Waals surface area contributed by atoms with Gasteiger partial charge in [0.05, 0.1) is 12.0 Å². The zero-order chi connectivity index (χ0) is 20.1. The molecule has 8 nitrogen and oxygen atoms in total. The van der Waals surface area contributed by atoms with Crippen LogP contribution >= 0.6 is 0 Å². The number of hydrogen-bond acceptors (Lipinski definition) is 6. The summed E-state index contributed by atoms with van der Waals surface area (Å²) in [5, 5.41) is 13.7. The number of methoxy groups -OCH3 is 1. The lowest BCUT2D eigenvalue weighted by Gasteiger charge is -2.13. The Bertz CT molecular complexity index is 907. The number of hydrogen-bond donors (Lipinski definition) is 1. The van der Waals surface area contributed by atoms with E-state index in [-0.39, 0.29) is 29.5 Å². The molecule has 1 N–H and O–H groups in total. The maximum atomic E-state index is 12.2. The molecule has 0 spiro atoms. The van der Waals surface area contributed by atoms with Crippen molar-refractivity contribution in [2.75, 3.05) is 19.0 Å². The second-order valence-electron chi connectivity index (χ2n) is 5.92. The molecule has 27 heavy (non-hydrogen) atoms. The van der Waals surface area contributed by atoms with Gasteiger partial charge in [0.1, 0.15) is 5.69 Å². The Hall–Kier alpha value is -3.42. The average Bonchev–Trinajstić information content (AvgIpc) is 2.63. The van der Waals surface area contributed by atoms with Gasteiger partial charge in [0, 0.05) is 11.6 Å². The molecule has 0 aliphatic rings. The van der Waals surface area contributed by atoms with E-state index in [1.54, 1.807) is 26.0 Å². The topological polar surface area (TPSA) is 108 Å². The van der Waals surface area contributed by atoms with Crippen molar-refractivity contribution < 1.29 is 24.0 Å². The van der Waals surface area contributed by atoms with Crippen molar-refractivity contribution in [3.8, 4) is 11.5 Å². The molecule has 0 aliphatic carbocycles. The van der Waals surface area contributed by atoms with Crippen molar-refractivity contribution in [2.24, 2.45) is 0 Å². The molecule has 1 amide bonds. The molecule has 0 aliphatic heterocycles. The number of benzene rings is 2. The molecule has 2 aromatic carbocycles. The van der Waals surface area contributed by atoms with E-state index in [9.17, 15) is 19.7 Å². The van der Waals surface area contributed by atoms with E-state index in [0.717, 1.165) is 5.56 Å². The summed E-state index contributed by atoms with van der Waals surface area (Å²) < 4.78 is 10.6. The van der Waals surface area contributed by atoms with Gasteiger partial charge in [-0.2, -0.15) is 0 Å². The number of aryl methyl sites for hydroxylation is 1. The van der Waals surface area contributed by atoms with Crippen LogP contribution in [0, 0.1) is 24.0 Å². The number of nitro groups is 1. The molecular weight excluding hydrogens is 352 g/mol. The molecule has 0 heterocycles. The monoisotopic (exact) mass is 372 g/mol. The van der Waals surface area contributed by atoms with Crippen LogP contribution in [0.25, 0.3) is 0 Å². The predicted octanol–water partition coefficient (Wildman–Crippen LogP) is 3.44. The number of anilines is 1. The van der Waals surface area contributed by atoms with Crippen LogP contribution in [0.15, 0.2) is 30.3 Å². The highest BCUT2D eigenvalue weighted by molar-refractivity contribution is 5.96. The van der Waals surface area contributed by atoms with E-state index in [4.69, 9.17) is 9.47 Å². The molecule has 0 saturated heterocycles. The lowest BCUT2D eigenvalue weighted by Crippen LogP contribution is -2.21. The van der Waals surface area contributed by atoms with Gasteiger partial charge in [-0.3, -0.25) is 19.7 Å². The normalized spacial score (nSPS) is 10.2. The highest BCUT2D eigenvalue weighted by Gasteiger charge is 2.20. The highest BCUT2D eigenvalue weighted by atomic mass is 16.6. The minimum Gasteiger partial charge on any atom is -0.493 e. The summed E-state index contributed by atoms with van der Waals surface area (Å²) in [5.74, 6) is -0.0781. The summed E-state index contributed by atoms with van der Waals surface area (Å²) in [6, 6.07) is 7.59. The number of nitrogens with one attached hydrogen (secondary N) is 1. The summed E-state index contributed by atoms with van der Waals surface area (Å²) in [7, 11) is 1.42. The van der Waals surface area contributed by atoms with Crippen LogP contribution in [0.5, 0.6) is 11.5 Å². The largest absolute Gasteiger partial charge is 0.493 e. The minimum absolute atomic E-state index is 0.125. The maximum absolute atomic E-state index is 12.2. The lowest BCUT2D eigenvalue weighted by atomic mass is 10.1. The molecule has 8 heteroatoms. The zero-order valence-corrected chi connectivity index (χ0v) is 15.5. The average molecular weight is 372 g/mol. The lowest BCUT2D eigenvalue weighted by molar-refractivity contribution is -0.384. The van der Waals surface area contributed by atoms with E-state index in [1.165, 1.54) is 32.2 Å². The fraction of sp³-hybridized carbons (Fsp3) is 0.263. The fourth-order valence-electron chi connectivity index (χ4n) is 2.44. The number of nitrogens with zero attached hydrogens (tertiary/aromatic N) is 1. The summed E-state index contributed by atoms with van der Waals surface area (Å²) >= 11 is 0. The van der Waals surface area contributed by atoms with Crippen LogP contribution in [0.4, 0.5) is 11.4 Å². The Labute approximate surface area is 156 Å². The molecule has 0 unspecified atom stereocenters. The fourth-order valence-corrected chi connectivity index (χ4v) is 2.44. The number of rotatable bonds is 7. The molecule has 0 fully saturated rings. The molecule has 2 aromatic rings. The van der Waals surface area contributed by atoms with E-state index in [1.807, 2.05) is 0 Å². The van der Waals surface area contributed by atoms with Gasteiger partial charge < -0.3 is 14.8 Å². The van der Waals surface area contributed by atoms with Crippen molar-refractivity contribution >= 4 is 23.1 Å². The third-order valence-electron chi connectivity index (χ3n) is 4.10. The molecule has 0 atom stereocenters.